The number of nitrogens with zero attached hydrogens (tertiary/aromatic N) is 2. The normalized spacial score (nSPS) is 18.0. The Bertz CT molecular complexity index is 1350. The summed E-state index contributed by atoms with van der Waals surface area (Å²) in [5.41, 5.74) is -1.31. The molecule has 1 fully saturated rings. The number of alkyl halides is 3. The summed E-state index contributed by atoms with van der Waals surface area (Å²) in [6.45, 7) is 6.73. The summed E-state index contributed by atoms with van der Waals surface area (Å²) in [7, 11) is -1.72. The van der Waals surface area contributed by atoms with Gasteiger partial charge in [-0.1, -0.05) is 6.07 Å². The zero-order valence-electron chi connectivity index (χ0n) is 23.7. The van der Waals surface area contributed by atoms with Gasteiger partial charge in [0, 0.05) is 37.3 Å². The fourth-order valence-electron chi connectivity index (χ4n) is 4.34. The molecule has 10 nitrogen and oxygen atoms in total. The van der Waals surface area contributed by atoms with Gasteiger partial charge in [0.25, 0.3) is 0 Å². The Morgan fingerprint density at radius 1 is 1.02 bits per heavy atom. The molecule has 2 N–H and O–H groups in total. The van der Waals surface area contributed by atoms with Crippen molar-refractivity contribution in [3.05, 3.63) is 28.9 Å². The van der Waals surface area contributed by atoms with Crippen molar-refractivity contribution in [1.82, 2.24) is 14.6 Å². The van der Waals surface area contributed by atoms with Crippen molar-refractivity contribution in [2.75, 3.05) is 19.4 Å². The van der Waals surface area contributed by atoms with Crippen molar-refractivity contribution in [2.24, 2.45) is 0 Å². The zero-order valence-corrected chi connectivity index (χ0v) is 25.3. The minimum atomic E-state index is -4.85. The molecule has 0 bridgehead atoms. The summed E-state index contributed by atoms with van der Waals surface area (Å²) < 4.78 is 80.2. The van der Waals surface area contributed by atoms with Crippen LogP contribution in [0, 0.1) is 0 Å². The third-order valence-electron chi connectivity index (χ3n) is 6.23. The lowest BCUT2D eigenvalue weighted by Crippen LogP contribution is -2.38. The maximum absolute atomic E-state index is 14.2. The highest BCUT2D eigenvalue weighted by Gasteiger charge is 2.40. The molecule has 1 heterocycles. The van der Waals surface area contributed by atoms with Gasteiger partial charge in [-0.15, -0.1) is 11.3 Å². The molecule has 0 radical (unpaired) electrons. The first-order valence-electron chi connectivity index (χ1n) is 13.1. The Hall–Kier alpha value is -2.91. The number of hydrogen-bond acceptors (Lipinski definition) is 8. The number of sulfonamides is 1. The average Bonchev–Trinajstić information content (AvgIpc) is 3.29. The van der Waals surface area contributed by atoms with Gasteiger partial charge in [-0.2, -0.15) is 13.2 Å². The highest BCUT2D eigenvalue weighted by Crippen LogP contribution is 2.46. The van der Waals surface area contributed by atoms with E-state index in [0.717, 1.165) is 21.7 Å². The van der Waals surface area contributed by atoms with Gasteiger partial charge in [-0.05, 0) is 65.5 Å². The van der Waals surface area contributed by atoms with Crippen molar-refractivity contribution in [1.29, 1.82) is 0 Å². The third kappa shape index (κ3) is 8.32. The molecule has 228 valence electrons. The van der Waals surface area contributed by atoms with Gasteiger partial charge in [-0.25, -0.2) is 27.3 Å². The molecule has 0 atom stereocenters. The molecule has 1 saturated carbocycles. The minimum Gasteiger partial charge on any atom is -0.447 e. The Morgan fingerprint density at radius 2 is 1.61 bits per heavy atom. The van der Waals surface area contributed by atoms with Crippen LogP contribution in [0.5, 0.6) is 0 Å². The fourth-order valence-corrected chi connectivity index (χ4v) is 6.82. The second-order valence-electron chi connectivity index (χ2n) is 10.5. The Balaban J connectivity index is 1.98. The maximum atomic E-state index is 14.2. The zero-order chi connectivity index (χ0) is 30.7. The number of rotatable bonds is 8. The van der Waals surface area contributed by atoms with E-state index < -0.39 is 45.1 Å². The van der Waals surface area contributed by atoms with Gasteiger partial charge in [0.2, 0.25) is 10.0 Å². The van der Waals surface area contributed by atoms with Crippen molar-refractivity contribution in [3.63, 3.8) is 0 Å². The molecular formula is C26H35F3N4O6S2. The molecule has 1 aromatic heterocycles. The van der Waals surface area contributed by atoms with Crippen LogP contribution < -0.4 is 10.6 Å². The maximum Gasteiger partial charge on any atom is 0.434 e. The summed E-state index contributed by atoms with van der Waals surface area (Å²) in [4.78, 5) is 27.2. The Kier molecular flexibility index (Phi) is 10.3. The standard InChI is InChI=1S/C26H35F3N4O6S2/c1-14(2)38-24(34)30-17-9-7-16(8-10-17)23-32-22(26(27,28)29)21(40-23)19-12-11-18(31-25(35)39-15(3)4)13-20(19)41(36,37)33(5)6/h11-17H,7-10H2,1-6H3,(H,30,34)(H,31,35). The number of ether oxygens (including phenoxy) is 2. The van der Waals surface area contributed by atoms with E-state index in [1.54, 1.807) is 27.7 Å². The molecule has 2 aromatic rings. The number of thiazole rings is 1. The second-order valence-corrected chi connectivity index (χ2v) is 13.6. The van der Waals surface area contributed by atoms with E-state index in [-0.39, 0.29) is 39.2 Å². The lowest BCUT2D eigenvalue weighted by molar-refractivity contribution is -0.140. The number of aromatic nitrogens is 1. The molecule has 3 rings (SSSR count). The molecular weight excluding hydrogens is 585 g/mol. The fraction of sp³-hybridized carbons (Fsp3) is 0.577. The number of halogens is 3. The number of carbonyl (C=O) groups excluding carboxylic acids is 2. The van der Waals surface area contributed by atoms with Gasteiger partial charge in [-0.3, -0.25) is 5.32 Å². The topological polar surface area (TPSA) is 127 Å². The van der Waals surface area contributed by atoms with Crippen LogP contribution in [-0.2, 0) is 25.7 Å². The molecule has 41 heavy (non-hydrogen) atoms. The molecule has 0 saturated heterocycles. The van der Waals surface area contributed by atoms with Gasteiger partial charge in [0.1, 0.15) is 0 Å². The van der Waals surface area contributed by atoms with Crippen LogP contribution in [-0.4, -0.2) is 62.2 Å². The van der Waals surface area contributed by atoms with Crippen LogP contribution in [0.25, 0.3) is 10.4 Å². The molecule has 1 aliphatic rings. The summed E-state index contributed by atoms with van der Waals surface area (Å²) in [5, 5.41) is 5.44. The van der Waals surface area contributed by atoms with E-state index in [1.165, 1.54) is 26.2 Å². The van der Waals surface area contributed by atoms with E-state index in [1.807, 2.05) is 0 Å². The van der Waals surface area contributed by atoms with Gasteiger partial charge < -0.3 is 14.8 Å². The van der Waals surface area contributed by atoms with Crippen molar-refractivity contribution >= 4 is 39.2 Å². The number of amides is 2. The van der Waals surface area contributed by atoms with Crippen LogP contribution in [0.1, 0.15) is 70.0 Å². The number of carbonyl (C=O) groups is 2. The average molecular weight is 621 g/mol. The summed E-state index contributed by atoms with van der Waals surface area (Å²) in [6.07, 6.45) is -4.90. The lowest BCUT2D eigenvalue weighted by atomic mass is 9.86. The molecule has 0 spiro atoms. The number of anilines is 1. The van der Waals surface area contributed by atoms with Crippen LogP contribution in [0.3, 0.4) is 0 Å². The van der Waals surface area contributed by atoms with Crippen LogP contribution in [0.4, 0.5) is 28.4 Å². The molecule has 0 unspecified atom stereocenters. The highest BCUT2D eigenvalue weighted by molar-refractivity contribution is 7.89. The van der Waals surface area contributed by atoms with E-state index in [9.17, 15) is 31.2 Å². The van der Waals surface area contributed by atoms with Crippen LogP contribution in [0.15, 0.2) is 23.1 Å². The predicted molar refractivity (Wildman–Crippen MR) is 148 cm³/mol. The van der Waals surface area contributed by atoms with Crippen LogP contribution >= 0.6 is 11.3 Å². The van der Waals surface area contributed by atoms with E-state index in [0.29, 0.717) is 25.7 Å². The molecule has 1 aromatic carbocycles. The number of alkyl carbamates (subject to hydrolysis) is 1. The molecule has 0 aliphatic heterocycles. The SMILES string of the molecule is CC(C)OC(=O)Nc1ccc(-c2sc(C3CCC(NC(=O)OC(C)C)CC3)nc2C(F)(F)F)c(S(=O)(=O)N(C)C)c1. The molecule has 1 aliphatic carbocycles. The predicted octanol–water partition coefficient (Wildman–Crippen LogP) is 6.20. The molecule has 15 heteroatoms. The van der Waals surface area contributed by atoms with Gasteiger partial charge >= 0.3 is 18.4 Å². The van der Waals surface area contributed by atoms with Crippen molar-refractivity contribution < 1.29 is 40.7 Å². The Labute approximate surface area is 241 Å². The van der Waals surface area contributed by atoms with E-state index in [4.69, 9.17) is 9.47 Å². The van der Waals surface area contributed by atoms with Crippen molar-refractivity contribution in [2.45, 2.75) is 88.6 Å². The minimum absolute atomic E-state index is 0.0416. The van der Waals surface area contributed by atoms with Crippen molar-refractivity contribution in [3.8, 4) is 10.4 Å². The van der Waals surface area contributed by atoms with E-state index >= 15 is 0 Å². The van der Waals surface area contributed by atoms with E-state index in [2.05, 4.69) is 15.6 Å². The first-order valence-corrected chi connectivity index (χ1v) is 15.3. The number of hydrogen-bond donors (Lipinski definition) is 2. The first-order chi connectivity index (χ1) is 19.0. The summed E-state index contributed by atoms with van der Waals surface area (Å²) in [5.74, 6) is -0.297. The largest absolute Gasteiger partial charge is 0.447 e. The first kappa shape index (κ1) is 32.6. The Morgan fingerprint density at radius 3 is 2.15 bits per heavy atom. The monoisotopic (exact) mass is 620 g/mol. The lowest BCUT2D eigenvalue weighted by Gasteiger charge is -2.28. The summed E-state index contributed by atoms with van der Waals surface area (Å²) in [6, 6.07) is 3.49. The highest BCUT2D eigenvalue weighted by atomic mass is 32.2. The second kappa shape index (κ2) is 12.9. The molecule has 2 amide bonds. The summed E-state index contributed by atoms with van der Waals surface area (Å²) >= 11 is 0.802. The number of nitrogens with one attached hydrogen (secondary N) is 2. The van der Waals surface area contributed by atoms with Gasteiger partial charge in [0.05, 0.1) is 27.0 Å². The third-order valence-corrected chi connectivity index (χ3v) is 9.33. The van der Waals surface area contributed by atoms with Gasteiger partial charge in [0.15, 0.2) is 5.69 Å². The smallest absolute Gasteiger partial charge is 0.434 e. The number of benzene rings is 1. The van der Waals surface area contributed by atoms with Crippen LogP contribution in [0.2, 0.25) is 0 Å². The quantitative estimate of drug-likeness (QED) is 0.360.